The Morgan fingerprint density at radius 3 is 2.90 bits per heavy atom. The maximum Gasteiger partial charge on any atom is 0.122 e. The van der Waals surface area contributed by atoms with E-state index in [1.165, 1.54) is 5.56 Å². The van der Waals surface area contributed by atoms with Gasteiger partial charge >= 0.3 is 0 Å². The summed E-state index contributed by atoms with van der Waals surface area (Å²) in [5.74, 6) is 0.988. The van der Waals surface area contributed by atoms with Gasteiger partial charge in [-0.3, -0.25) is 0 Å². The van der Waals surface area contributed by atoms with E-state index in [4.69, 9.17) is 22.1 Å². The summed E-state index contributed by atoms with van der Waals surface area (Å²) in [5.41, 5.74) is 9.23. The number of anilines is 1. The maximum atomic E-state index is 6.18. The lowest BCUT2D eigenvalue weighted by Crippen LogP contribution is -2.20. The molecule has 0 amide bonds. The molecule has 0 saturated carbocycles. The number of ether oxygens (including phenoxy) is 1. The SMILES string of the molecule is NCC(Nc1ccccc1Cl)c1ccc2c(c1)CCO2. The number of rotatable bonds is 4. The van der Waals surface area contributed by atoms with E-state index in [-0.39, 0.29) is 6.04 Å². The van der Waals surface area contributed by atoms with Gasteiger partial charge in [-0.05, 0) is 35.4 Å². The number of halogens is 1. The van der Waals surface area contributed by atoms with Crippen LogP contribution in [0.4, 0.5) is 5.69 Å². The normalized spacial score (nSPS) is 14.5. The molecule has 0 aromatic heterocycles. The first-order valence-electron chi connectivity index (χ1n) is 6.74. The molecule has 1 atom stereocenters. The van der Waals surface area contributed by atoms with Crippen LogP contribution in [0.2, 0.25) is 5.02 Å². The molecule has 1 aliphatic heterocycles. The van der Waals surface area contributed by atoms with Gasteiger partial charge in [-0.1, -0.05) is 29.8 Å². The minimum Gasteiger partial charge on any atom is -0.493 e. The Morgan fingerprint density at radius 2 is 2.10 bits per heavy atom. The van der Waals surface area contributed by atoms with E-state index < -0.39 is 0 Å². The molecule has 1 heterocycles. The molecule has 3 rings (SSSR count). The van der Waals surface area contributed by atoms with Crippen molar-refractivity contribution >= 4 is 17.3 Å². The fourth-order valence-electron chi connectivity index (χ4n) is 2.47. The zero-order valence-electron chi connectivity index (χ0n) is 11.1. The molecule has 3 nitrogen and oxygen atoms in total. The molecule has 0 aliphatic carbocycles. The van der Waals surface area contributed by atoms with Crippen LogP contribution in [0.3, 0.4) is 0 Å². The summed E-state index contributed by atoms with van der Waals surface area (Å²) in [4.78, 5) is 0. The van der Waals surface area contributed by atoms with Gasteiger partial charge in [0.1, 0.15) is 5.75 Å². The first kappa shape index (κ1) is 13.3. The standard InChI is InChI=1S/C16H17ClN2O/c17-13-3-1-2-4-14(13)19-15(10-18)11-5-6-16-12(9-11)7-8-20-16/h1-6,9,15,19H,7-8,10,18H2. The highest BCUT2D eigenvalue weighted by atomic mass is 35.5. The van der Waals surface area contributed by atoms with Crippen molar-refractivity contribution in [2.24, 2.45) is 5.73 Å². The van der Waals surface area contributed by atoms with Crippen LogP contribution in [-0.4, -0.2) is 13.2 Å². The predicted octanol–water partition coefficient (Wildman–Crippen LogP) is 3.39. The highest BCUT2D eigenvalue weighted by Crippen LogP contribution is 2.30. The highest BCUT2D eigenvalue weighted by molar-refractivity contribution is 6.33. The molecule has 104 valence electrons. The fourth-order valence-corrected chi connectivity index (χ4v) is 2.66. The van der Waals surface area contributed by atoms with E-state index in [9.17, 15) is 0 Å². The topological polar surface area (TPSA) is 47.3 Å². The molecular formula is C16H17ClN2O. The van der Waals surface area contributed by atoms with Crippen LogP contribution in [0, 0.1) is 0 Å². The average molecular weight is 289 g/mol. The van der Waals surface area contributed by atoms with Crippen molar-refractivity contribution in [1.82, 2.24) is 0 Å². The van der Waals surface area contributed by atoms with Crippen molar-refractivity contribution in [3.63, 3.8) is 0 Å². The Morgan fingerprint density at radius 1 is 1.25 bits per heavy atom. The van der Waals surface area contributed by atoms with Crippen molar-refractivity contribution in [2.45, 2.75) is 12.5 Å². The van der Waals surface area contributed by atoms with Crippen LogP contribution in [0.15, 0.2) is 42.5 Å². The molecule has 0 spiro atoms. The number of hydrogen-bond donors (Lipinski definition) is 2. The van der Waals surface area contributed by atoms with E-state index in [2.05, 4.69) is 17.4 Å². The second-order valence-corrected chi connectivity index (χ2v) is 5.29. The lowest BCUT2D eigenvalue weighted by atomic mass is 10.0. The van der Waals surface area contributed by atoms with Crippen molar-refractivity contribution < 1.29 is 4.74 Å². The summed E-state index contributed by atoms with van der Waals surface area (Å²) < 4.78 is 5.53. The molecular weight excluding hydrogens is 272 g/mol. The van der Waals surface area contributed by atoms with Gasteiger partial charge in [0.15, 0.2) is 0 Å². The third-order valence-electron chi connectivity index (χ3n) is 3.56. The van der Waals surface area contributed by atoms with E-state index in [1.807, 2.05) is 30.3 Å². The van der Waals surface area contributed by atoms with E-state index >= 15 is 0 Å². The first-order valence-corrected chi connectivity index (χ1v) is 7.12. The number of para-hydroxylation sites is 1. The van der Waals surface area contributed by atoms with Gasteiger partial charge in [-0.2, -0.15) is 0 Å². The zero-order valence-corrected chi connectivity index (χ0v) is 11.9. The molecule has 0 fully saturated rings. The second-order valence-electron chi connectivity index (χ2n) is 4.88. The number of nitrogens with one attached hydrogen (secondary N) is 1. The van der Waals surface area contributed by atoms with Gasteiger partial charge < -0.3 is 15.8 Å². The molecule has 20 heavy (non-hydrogen) atoms. The van der Waals surface area contributed by atoms with Crippen LogP contribution in [0.25, 0.3) is 0 Å². The Bertz CT molecular complexity index is 615. The summed E-state index contributed by atoms with van der Waals surface area (Å²) in [6.07, 6.45) is 0.965. The van der Waals surface area contributed by atoms with Crippen LogP contribution in [0.5, 0.6) is 5.75 Å². The Kier molecular flexibility index (Phi) is 3.81. The molecule has 0 bridgehead atoms. The molecule has 0 radical (unpaired) electrons. The molecule has 2 aromatic carbocycles. The van der Waals surface area contributed by atoms with Gasteiger partial charge in [0, 0.05) is 13.0 Å². The van der Waals surface area contributed by atoms with Gasteiger partial charge in [0.2, 0.25) is 0 Å². The van der Waals surface area contributed by atoms with Crippen LogP contribution >= 0.6 is 11.6 Å². The molecule has 1 unspecified atom stereocenters. The van der Waals surface area contributed by atoms with Gasteiger partial charge in [-0.15, -0.1) is 0 Å². The first-order chi connectivity index (χ1) is 9.78. The van der Waals surface area contributed by atoms with Crippen molar-refractivity contribution in [2.75, 3.05) is 18.5 Å². The summed E-state index contributed by atoms with van der Waals surface area (Å²) in [5, 5.41) is 4.11. The summed E-state index contributed by atoms with van der Waals surface area (Å²) in [6.45, 7) is 1.27. The van der Waals surface area contributed by atoms with Crippen LogP contribution in [0.1, 0.15) is 17.2 Å². The highest BCUT2D eigenvalue weighted by Gasteiger charge is 2.16. The smallest absolute Gasteiger partial charge is 0.122 e. The summed E-state index contributed by atoms with van der Waals surface area (Å²) in [7, 11) is 0. The average Bonchev–Trinajstić information content (AvgIpc) is 2.94. The molecule has 3 N–H and O–H groups in total. The summed E-state index contributed by atoms with van der Waals surface area (Å²) >= 11 is 6.18. The maximum absolute atomic E-state index is 6.18. The van der Waals surface area contributed by atoms with E-state index in [1.54, 1.807) is 0 Å². The number of nitrogens with two attached hydrogens (primary N) is 1. The van der Waals surface area contributed by atoms with Crippen molar-refractivity contribution in [1.29, 1.82) is 0 Å². The third kappa shape index (κ3) is 2.60. The minimum absolute atomic E-state index is 0.0424. The quantitative estimate of drug-likeness (QED) is 0.906. The van der Waals surface area contributed by atoms with Gasteiger partial charge in [0.05, 0.1) is 23.4 Å². The predicted molar refractivity (Wildman–Crippen MR) is 82.5 cm³/mol. The Hall–Kier alpha value is -1.71. The zero-order chi connectivity index (χ0) is 13.9. The number of hydrogen-bond acceptors (Lipinski definition) is 3. The third-order valence-corrected chi connectivity index (χ3v) is 3.88. The lowest BCUT2D eigenvalue weighted by molar-refractivity contribution is 0.357. The Labute approximate surface area is 123 Å². The van der Waals surface area contributed by atoms with Crippen LogP contribution in [-0.2, 0) is 6.42 Å². The number of benzene rings is 2. The molecule has 2 aromatic rings. The largest absolute Gasteiger partial charge is 0.493 e. The fraction of sp³-hybridized carbons (Fsp3) is 0.250. The lowest BCUT2D eigenvalue weighted by Gasteiger charge is -2.20. The number of fused-ring (bicyclic) bond motifs is 1. The Balaban J connectivity index is 1.85. The van der Waals surface area contributed by atoms with Crippen molar-refractivity contribution in [3.05, 3.63) is 58.6 Å². The van der Waals surface area contributed by atoms with Crippen molar-refractivity contribution in [3.8, 4) is 5.75 Å². The second kappa shape index (κ2) is 5.73. The van der Waals surface area contributed by atoms with Crippen LogP contribution < -0.4 is 15.8 Å². The summed E-state index contributed by atoms with van der Waals surface area (Å²) in [6, 6.07) is 14.0. The minimum atomic E-state index is 0.0424. The molecule has 1 aliphatic rings. The van der Waals surface area contributed by atoms with Gasteiger partial charge in [0.25, 0.3) is 0 Å². The molecule has 4 heteroatoms. The van der Waals surface area contributed by atoms with E-state index in [0.717, 1.165) is 30.0 Å². The molecule has 0 saturated heterocycles. The monoisotopic (exact) mass is 288 g/mol. The van der Waals surface area contributed by atoms with Gasteiger partial charge in [-0.25, -0.2) is 0 Å². The van der Waals surface area contributed by atoms with E-state index in [0.29, 0.717) is 11.6 Å².